The number of hydrogen-bond acceptors (Lipinski definition) is 3. The minimum Gasteiger partial charge on any atom is -0.369 e. The number of urea groups is 1. The number of amides is 2. The number of nitrogen functional groups attached to an aromatic ring is 1. The number of aromatic nitrogens is 2. The lowest BCUT2D eigenvalue weighted by Crippen LogP contribution is -2.36. The number of rotatable bonds is 3. The molecular weight excluding hydrogens is 242 g/mol. The summed E-state index contributed by atoms with van der Waals surface area (Å²) in [7, 11) is 3.42. The molecule has 3 N–H and O–H groups in total. The fourth-order valence-corrected chi connectivity index (χ4v) is 1.92. The van der Waals surface area contributed by atoms with Gasteiger partial charge in [0.2, 0.25) is 5.95 Å². The molecule has 0 aliphatic rings. The second kappa shape index (κ2) is 5.17. The number of hydrogen-bond donors (Lipinski definition) is 2. The molecule has 0 spiro atoms. The second-order valence-electron chi connectivity index (χ2n) is 4.74. The monoisotopic (exact) mass is 261 g/mol. The number of imidazole rings is 1. The molecule has 0 unspecified atom stereocenters. The number of nitrogens with two attached hydrogens (primary N) is 1. The van der Waals surface area contributed by atoms with Crippen LogP contribution in [-0.4, -0.2) is 41.1 Å². The zero-order valence-corrected chi connectivity index (χ0v) is 11.5. The summed E-state index contributed by atoms with van der Waals surface area (Å²) in [6, 6.07) is 5.90. The van der Waals surface area contributed by atoms with Gasteiger partial charge < -0.3 is 20.5 Å². The van der Waals surface area contributed by atoms with Gasteiger partial charge in [-0.2, -0.15) is 0 Å². The molecule has 1 aromatic carbocycles. The van der Waals surface area contributed by atoms with Crippen LogP contribution < -0.4 is 11.1 Å². The predicted octanol–water partition coefficient (Wildman–Crippen LogP) is 1.20. The number of aryl methyl sites for hydroxylation is 1. The standard InChI is InChI=1S/C13H19N5O/c1-9-4-5-10-11(8-9)18(12(14)16-10)7-6-15-13(19)17(2)3/h4-5,8H,6-7H2,1-3H3,(H2,14,16)(H,15,19). The summed E-state index contributed by atoms with van der Waals surface area (Å²) < 4.78 is 1.91. The molecule has 0 saturated carbocycles. The van der Waals surface area contributed by atoms with E-state index >= 15 is 0 Å². The Morgan fingerprint density at radius 2 is 2.21 bits per heavy atom. The van der Waals surface area contributed by atoms with Crippen LogP contribution in [0.15, 0.2) is 18.2 Å². The Kier molecular flexibility index (Phi) is 3.59. The van der Waals surface area contributed by atoms with Crippen LogP contribution in [-0.2, 0) is 6.54 Å². The molecule has 19 heavy (non-hydrogen) atoms. The third-order valence-corrected chi connectivity index (χ3v) is 2.95. The molecule has 0 saturated heterocycles. The lowest BCUT2D eigenvalue weighted by molar-refractivity contribution is 0.217. The molecule has 102 valence electrons. The van der Waals surface area contributed by atoms with Crippen molar-refractivity contribution in [2.75, 3.05) is 26.4 Å². The summed E-state index contributed by atoms with van der Waals surface area (Å²) in [5.74, 6) is 0.472. The van der Waals surface area contributed by atoms with E-state index in [-0.39, 0.29) is 6.03 Å². The van der Waals surface area contributed by atoms with Gasteiger partial charge in [0.15, 0.2) is 0 Å². The molecule has 0 atom stereocenters. The summed E-state index contributed by atoms with van der Waals surface area (Å²) >= 11 is 0. The summed E-state index contributed by atoms with van der Waals surface area (Å²) in [6.45, 7) is 3.15. The van der Waals surface area contributed by atoms with Gasteiger partial charge in [0, 0.05) is 27.2 Å². The van der Waals surface area contributed by atoms with E-state index in [1.165, 1.54) is 4.90 Å². The number of carbonyl (C=O) groups excluding carboxylic acids is 1. The van der Waals surface area contributed by atoms with E-state index in [1.807, 2.05) is 29.7 Å². The molecule has 2 rings (SSSR count). The van der Waals surface area contributed by atoms with Gasteiger partial charge in [0.05, 0.1) is 11.0 Å². The number of nitrogens with one attached hydrogen (secondary N) is 1. The number of nitrogens with zero attached hydrogens (tertiary/aromatic N) is 3. The van der Waals surface area contributed by atoms with Crippen molar-refractivity contribution < 1.29 is 4.79 Å². The minimum absolute atomic E-state index is 0.112. The van der Waals surface area contributed by atoms with Gasteiger partial charge in [-0.05, 0) is 24.6 Å². The number of fused-ring (bicyclic) bond motifs is 1. The largest absolute Gasteiger partial charge is 0.369 e. The predicted molar refractivity (Wildman–Crippen MR) is 76.0 cm³/mol. The Morgan fingerprint density at radius 1 is 1.47 bits per heavy atom. The Morgan fingerprint density at radius 3 is 2.89 bits per heavy atom. The highest BCUT2D eigenvalue weighted by molar-refractivity contribution is 5.79. The van der Waals surface area contributed by atoms with E-state index in [0.29, 0.717) is 19.0 Å². The first-order chi connectivity index (χ1) is 8.99. The molecule has 1 aromatic heterocycles. The highest BCUT2D eigenvalue weighted by Gasteiger charge is 2.08. The SMILES string of the molecule is Cc1ccc2nc(N)n(CCNC(=O)N(C)C)c2c1. The van der Waals surface area contributed by atoms with Crippen molar-refractivity contribution in [2.45, 2.75) is 13.5 Å². The Balaban J connectivity index is 2.14. The first-order valence-electron chi connectivity index (χ1n) is 6.16. The second-order valence-corrected chi connectivity index (χ2v) is 4.74. The molecule has 0 radical (unpaired) electrons. The number of carbonyl (C=O) groups is 1. The smallest absolute Gasteiger partial charge is 0.316 e. The van der Waals surface area contributed by atoms with Crippen LogP contribution in [0.4, 0.5) is 10.7 Å². The highest BCUT2D eigenvalue weighted by Crippen LogP contribution is 2.18. The maximum Gasteiger partial charge on any atom is 0.316 e. The van der Waals surface area contributed by atoms with Crippen LogP contribution in [0.3, 0.4) is 0 Å². The van der Waals surface area contributed by atoms with Crippen LogP contribution in [0.25, 0.3) is 11.0 Å². The van der Waals surface area contributed by atoms with Gasteiger partial charge in [-0.3, -0.25) is 0 Å². The van der Waals surface area contributed by atoms with Crippen LogP contribution in [0.5, 0.6) is 0 Å². The van der Waals surface area contributed by atoms with Gasteiger partial charge in [0.25, 0.3) is 0 Å². The first kappa shape index (κ1) is 13.2. The zero-order chi connectivity index (χ0) is 14.0. The van der Waals surface area contributed by atoms with E-state index in [0.717, 1.165) is 16.6 Å². The normalized spacial score (nSPS) is 10.7. The van der Waals surface area contributed by atoms with E-state index in [1.54, 1.807) is 14.1 Å². The molecule has 2 aromatic rings. The van der Waals surface area contributed by atoms with Crippen molar-refractivity contribution in [3.63, 3.8) is 0 Å². The molecule has 0 bridgehead atoms. The number of benzene rings is 1. The van der Waals surface area contributed by atoms with Crippen molar-refractivity contribution in [3.8, 4) is 0 Å². The summed E-state index contributed by atoms with van der Waals surface area (Å²) in [6.07, 6.45) is 0. The fraction of sp³-hybridized carbons (Fsp3) is 0.385. The molecule has 6 heteroatoms. The van der Waals surface area contributed by atoms with Gasteiger partial charge in [-0.1, -0.05) is 6.07 Å². The molecule has 6 nitrogen and oxygen atoms in total. The van der Waals surface area contributed by atoms with Crippen LogP contribution >= 0.6 is 0 Å². The van der Waals surface area contributed by atoms with Gasteiger partial charge in [-0.15, -0.1) is 0 Å². The van der Waals surface area contributed by atoms with Crippen LogP contribution in [0.2, 0.25) is 0 Å². The molecule has 0 fully saturated rings. The molecule has 1 heterocycles. The van der Waals surface area contributed by atoms with Crippen molar-refractivity contribution in [2.24, 2.45) is 0 Å². The lowest BCUT2D eigenvalue weighted by Gasteiger charge is -2.13. The van der Waals surface area contributed by atoms with Crippen molar-refractivity contribution in [3.05, 3.63) is 23.8 Å². The van der Waals surface area contributed by atoms with E-state index < -0.39 is 0 Å². The molecular formula is C13H19N5O. The topological polar surface area (TPSA) is 76.2 Å². The zero-order valence-electron chi connectivity index (χ0n) is 11.5. The van der Waals surface area contributed by atoms with Crippen molar-refractivity contribution >= 4 is 23.0 Å². The highest BCUT2D eigenvalue weighted by atomic mass is 16.2. The Bertz CT molecular complexity index is 602. The first-order valence-corrected chi connectivity index (χ1v) is 6.16. The maximum atomic E-state index is 11.4. The third kappa shape index (κ3) is 2.78. The van der Waals surface area contributed by atoms with Crippen LogP contribution in [0.1, 0.15) is 5.56 Å². The van der Waals surface area contributed by atoms with E-state index in [2.05, 4.69) is 10.3 Å². The summed E-state index contributed by atoms with van der Waals surface area (Å²) in [5, 5.41) is 2.81. The lowest BCUT2D eigenvalue weighted by atomic mass is 10.2. The van der Waals surface area contributed by atoms with Crippen LogP contribution in [0, 0.1) is 6.92 Å². The van der Waals surface area contributed by atoms with Crippen molar-refractivity contribution in [1.29, 1.82) is 0 Å². The van der Waals surface area contributed by atoms with Gasteiger partial charge in [0.1, 0.15) is 0 Å². The quantitative estimate of drug-likeness (QED) is 0.871. The molecule has 2 amide bonds. The van der Waals surface area contributed by atoms with Gasteiger partial charge in [-0.25, -0.2) is 9.78 Å². The average molecular weight is 261 g/mol. The minimum atomic E-state index is -0.112. The summed E-state index contributed by atoms with van der Waals surface area (Å²) in [4.78, 5) is 17.2. The molecule has 0 aliphatic carbocycles. The van der Waals surface area contributed by atoms with E-state index in [9.17, 15) is 4.79 Å². The molecule has 0 aliphatic heterocycles. The maximum absolute atomic E-state index is 11.4. The number of anilines is 1. The third-order valence-electron chi connectivity index (χ3n) is 2.95. The van der Waals surface area contributed by atoms with Crippen molar-refractivity contribution in [1.82, 2.24) is 19.8 Å². The van der Waals surface area contributed by atoms with E-state index in [4.69, 9.17) is 5.73 Å². The van der Waals surface area contributed by atoms with Gasteiger partial charge >= 0.3 is 6.03 Å². The fourth-order valence-electron chi connectivity index (χ4n) is 1.92. The average Bonchev–Trinajstić information content (AvgIpc) is 2.65. The Labute approximate surface area is 112 Å². The summed E-state index contributed by atoms with van der Waals surface area (Å²) in [5.41, 5.74) is 8.94. The Hall–Kier alpha value is -2.24.